The summed E-state index contributed by atoms with van der Waals surface area (Å²) in [5, 5.41) is 17.7. The Balaban J connectivity index is 0.000000582. The minimum absolute atomic E-state index is 0.212. The van der Waals surface area contributed by atoms with E-state index in [4.69, 9.17) is 0 Å². The number of hydrogen-bond acceptors (Lipinski definition) is 4. The van der Waals surface area contributed by atoms with Crippen LogP contribution < -0.4 is 10.6 Å². The summed E-state index contributed by atoms with van der Waals surface area (Å²) in [5.74, 6) is 7.94. The molecule has 3 N–H and O–H groups in total. The van der Waals surface area contributed by atoms with Gasteiger partial charge in [0.05, 0.1) is 25.7 Å². The number of thioether (sulfide) groups is 1. The Hall–Kier alpha value is -0.670. The van der Waals surface area contributed by atoms with E-state index < -0.39 is 7.81 Å². The van der Waals surface area contributed by atoms with Crippen molar-refractivity contribution in [3.8, 4) is 0 Å². The van der Waals surface area contributed by atoms with Gasteiger partial charge in [-0.05, 0) is 97.7 Å². The van der Waals surface area contributed by atoms with Crippen molar-refractivity contribution in [1.29, 1.82) is 0 Å². The Morgan fingerprint density at radius 1 is 0.896 bits per heavy atom. The van der Waals surface area contributed by atoms with Gasteiger partial charge in [-0.2, -0.15) is 11.8 Å². The van der Waals surface area contributed by atoms with E-state index in [1.807, 2.05) is 5.57 Å². The van der Waals surface area contributed by atoms with E-state index in [0.717, 1.165) is 60.3 Å². The zero-order valence-electron chi connectivity index (χ0n) is 29.8. The molecule has 0 radical (unpaired) electrons. The fraction of sp³-hybridized carbons (Fsp3) is 0.917. The SMILES string of the molecule is CC(C)CCC[C@@H](C)[C@H]1CC[C@H]2[C@@H]3CC=C4C[C@H](SC[C@@H]5CC[N+]6=C(N[C@H](CO)CC6)N5)CC[C@]4(C)[C@H]3CC[C@]12C.F[P-](F)(F)(F)(F)F. The molecule has 0 amide bonds. The molecule has 6 aliphatic rings. The van der Waals surface area contributed by atoms with Gasteiger partial charge in [0.15, 0.2) is 0 Å². The summed E-state index contributed by atoms with van der Waals surface area (Å²) >= 11 is 2.25. The third kappa shape index (κ3) is 9.60. The number of halogens is 6. The summed E-state index contributed by atoms with van der Waals surface area (Å²) in [6, 6.07) is 0.762. The van der Waals surface area contributed by atoms with E-state index in [-0.39, 0.29) is 12.6 Å². The average molecular weight is 730 g/mol. The van der Waals surface area contributed by atoms with Crippen LogP contribution in [0.1, 0.15) is 118 Å². The third-order valence-corrected chi connectivity index (χ3v) is 15.0. The van der Waals surface area contributed by atoms with E-state index in [9.17, 15) is 30.3 Å². The molecule has 0 unspecified atom stereocenters. The number of nitrogens with one attached hydrogen (secondary N) is 2. The molecular formula is C36H62F6N3OPS. The van der Waals surface area contributed by atoms with Crippen molar-refractivity contribution < 1.29 is 34.9 Å². The first kappa shape index (κ1) is 38.6. The second kappa shape index (κ2) is 13.7. The zero-order chi connectivity index (χ0) is 35.2. The van der Waals surface area contributed by atoms with E-state index in [1.165, 1.54) is 88.8 Å². The second-order valence-corrected chi connectivity index (χ2v) is 20.5. The summed E-state index contributed by atoms with van der Waals surface area (Å²) in [6.07, 6.45) is 20.9. The summed E-state index contributed by atoms with van der Waals surface area (Å²) in [6.45, 7) is 15.3. The van der Waals surface area contributed by atoms with Gasteiger partial charge in [-0.3, -0.25) is 15.2 Å². The van der Waals surface area contributed by atoms with Gasteiger partial charge in [-0.1, -0.05) is 65.5 Å². The Morgan fingerprint density at radius 3 is 2.23 bits per heavy atom. The molecule has 4 aliphatic carbocycles. The molecule has 0 aromatic carbocycles. The van der Waals surface area contributed by atoms with E-state index in [1.54, 1.807) is 0 Å². The van der Waals surface area contributed by atoms with E-state index in [0.29, 0.717) is 16.9 Å². The van der Waals surface area contributed by atoms with Crippen LogP contribution in [0.15, 0.2) is 11.6 Å². The summed E-state index contributed by atoms with van der Waals surface area (Å²) < 4.78 is 61.6. The molecule has 2 aliphatic heterocycles. The Kier molecular flexibility index (Phi) is 11.0. The van der Waals surface area contributed by atoms with Crippen LogP contribution in [0.25, 0.3) is 0 Å². The summed E-state index contributed by atoms with van der Waals surface area (Å²) in [7, 11) is -10.7. The predicted molar refractivity (Wildman–Crippen MR) is 188 cm³/mol. The number of hydrogen-bond donors (Lipinski definition) is 3. The van der Waals surface area contributed by atoms with Crippen LogP contribution in [0, 0.1) is 46.3 Å². The Morgan fingerprint density at radius 2 is 1.56 bits per heavy atom. The quantitative estimate of drug-likeness (QED) is 0.0957. The molecule has 280 valence electrons. The molecule has 6 rings (SSSR count). The standard InChI is InChI=1S/C36H61N3OS.F6P/c1-24(2)7-6-8-25(3)31-11-12-32-30-10-9-26-21-29(13-17-35(26,4)33(30)14-18-36(31,32)5)41-23-28-16-20-39-19-15-27(22-40)37-34(39)38-28;1-7(2,3,4,5)6/h9,24-25,27-33,40H,6-8,10-23H2,1-5H3,(H,37,38);/q;-1/p+1/t25-,27+,28+,29-,30+,31-,32+,33+,35+,36-;/m1./s1. The van der Waals surface area contributed by atoms with Crippen molar-refractivity contribution in [2.75, 3.05) is 25.4 Å². The number of rotatable bonds is 9. The molecule has 2 heterocycles. The Bertz CT molecular complexity index is 1200. The van der Waals surface area contributed by atoms with Gasteiger partial charge < -0.3 is 5.11 Å². The molecule has 0 aromatic heterocycles. The first-order chi connectivity index (χ1) is 22.2. The molecule has 0 spiro atoms. The zero-order valence-corrected chi connectivity index (χ0v) is 31.5. The van der Waals surface area contributed by atoms with Crippen LogP contribution in [-0.2, 0) is 0 Å². The number of guanidine groups is 1. The molecule has 10 atom stereocenters. The number of aliphatic hydroxyl groups is 1. The molecule has 0 bridgehead atoms. The van der Waals surface area contributed by atoms with Crippen molar-refractivity contribution >= 4 is 25.5 Å². The number of fused-ring (bicyclic) bond motifs is 5. The first-order valence-electron chi connectivity index (χ1n) is 18.8. The number of nitrogens with zero attached hydrogens (tertiary/aromatic N) is 1. The second-order valence-electron chi connectivity index (χ2n) is 17.2. The molecule has 12 heteroatoms. The van der Waals surface area contributed by atoms with Gasteiger partial charge in [0.2, 0.25) is 0 Å². The molecule has 0 aromatic rings. The van der Waals surface area contributed by atoms with Crippen molar-refractivity contribution in [1.82, 2.24) is 10.6 Å². The van der Waals surface area contributed by atoms with Crippen molar-refractivity contribution in [3.63, 3.8) is 0 Å². The van der Waals surface area contributed by atoms with Gasteiger partial charge in [0, 0.05) is 23.8 Å². The average Bonchev–Trinajstić information content (AvgIpc) is 3.35. The molecule has 3 saturated carbocycles. The third-order valence-electron chi connectivity index (χ3n) is 13.5. The van der Waals surface area contributed by atoms with Crippen molar-refractivity contribution in [2.24, 2.45) is 46.3 Å². The molecule has 4 nitrogen and oxygen atoms in total. The monoisotopic (exact) mass is 729 g/mol. The molecule has 48 heavy (non-hydrogen) atoms. The van der Waals surface area contributed by atoms with Crippen LogP contribution in [0.4, 0.5) is 25.2 Å². The topological polar surface area (TPSA) is 47.3 Å². The maximum absolute atomic E-state index is 10.7. The fourth-order valence-electron chi connectivity index (χ4n) is 11.0. The van der Waals surface area contributed by atoms with Crippen LogP contribution in [0.5, 0.6) is 0 Å². The molecular weight excluding hydrogens is 667 g/mol. The van der Waals surface area contributed by atoms with Crippen LogP contribution in [0.3, 0.4) is 0 Å². The Labute approximate surface area is 289 Å². The number of aliphatic hydroxyl groups excluding tert-OH is 1. The minimum atomic E-state index is -10.7. The van der Waals surface area contributed by atoms with Crippen molar-refractivity contribution in [3.05, 3.63) is 11.6 Å². The maximum atomic E-state index is 9.87. The van der Waals surface area contributed by atoms with E-state index >= 15 is 0 Å². The fourth-order valence-corrected chi connectivity index (χ4v) is 12.4. The van der Waals surface area contributed by atoms with Crippen LogP contribution in [-0.4, -0.2) is 58.4 Å². The summed E-state index contributed by atoms with van der Waals surface area (Å²) in [5.41, 5.74) is 2.91. The predicted octanol–water partition coefficient (Wildman–Crippen LogP) is 10.6. The van der Waals surface area contributed by atoms with E-state index in [2.05, 4.69) is 67.7 Å². The van der Waals surface area contributed by atoms with Gasteiger partial charge in [0.1, 0.15) is 6.04 Å². The van der Waals surface area contributed by atoms with Gasteiger partial charge in [-0.25, -0.2) is 0 Å². The normalized spacial score (nSPS) is 39.9. The molecule has 0 saturated heterocycles. The summed E-state index contributed by atoms with van der Waals surface area (Å²) in [4.78, 5) is 0. The van der Waals surface area contributed by atoms with Crippen LogP contribution >= 0.6 is 19.6 Å². The van der Waals surface area contributed by atoms with Crippen molar-refractivity contribution in [2.45, 2.75) is 135 Å². The molecule has 3 fully saturated rings. The van der Waals surface area contributed by atoms with Crippen LogP contribution in [0.2, 0.25) is 0 Å². The number of allylic oxidation sites excluding steroid dienone is 2. The first-order valence-corrected chi connectivity index (χ1v) is 21.9. The van der Waals surface area contributed by atoms with Gasteiger partial charge >= 0.3 is 38.9 Å². The van der Waals surface area contributed by atoms with Gasteiger partial charge in [0.25, 0.3) is 0 Å². The van der Waals surface area contributed by atoms with Gasteiger partial charge in [-0.15, -0.1) is 0 Å².